The predicted octanol–water partition coefficient (Wildman–Crippen LogP) is 3.10. The van der Waals surface area contributed by atoms with Gasteiger partial charge in [-0.1, -0.05) is 12.1 Å². The molecule has 0 bridgehead atoms. The molecule has 1 N–H and O–H groups in total. The number of hydrogen-bond donors (Lipinski definition) is 1. The molecule has 2 rings (SSSR count). The number of thioether (sulfide) groups is 1. The second kappa shape index (κ2) is 8.85. The Balaban J connectivity index is 2.00. The maximum Gasteiger partial charge on any atom is 0.341 e. The lowest BCUT2D eigenvalue weighted by molar-refractivity contribution is -0.383. The molecule has 26 heavy (non-hydrogen) atoms. The van der Waals surface area contributed by atoms with Crippen LogP contribution in [-0.2, 0) is 9.53 Å². The van der Waals surface area contributed by atoms with Gasteiger partial charge in [-0.3, -0.25) is 14.9 Å². The number of ether oxygens (including phenoxy) is 1. The van der Waals surface area contributed by atoms with E-state index in [4.69, 9.17) is 4.74 Å². The second-order valence-corrected chi connectivity index (χ2v) is 5.61. The first kappa shape index (κ1) is 19.2. The van der Waals surface area contributed by atoms with Crippen molar-refractivity contribution in [1.82, 2.24) is 4.98 Å². The molecule has 0 unspecified atom stereocenters. The van der Waals surface area contributed by atoms with Gasteiger partial charge in [0.1, 0.15) is 10.7 Å². The van der Waals surface area contributed by atoms with Gasteiger partial charge in [0.15, 0.2) is 6.61 Å². The molecule has 136 valence electrons. The van der Waals surface area contributed by atoms with Gasteiger partial charge in [0.25, 0.3) is 17.4 Å². The number of para-hydroxylation sites is 2. The third-order valence-corrected chi connectivity index (χ3v) is 3.63. The second-order valence-electron chi connectivity index (χ2n) is 4.63. The minimum atomic E-state index is -2.78. The van der Waals surface area contributed by atoms with Gasteiger partial charge in [-0.2, -0.15) is 8.78 Å². The van der Waals surface area contributed by atoms with Gasteiger partial charge in [-0.25, -0.2) is 9.78 Å². The van der Waals surface area contributed by atoms with E-state index in [1.54, 1.807) is 0 Å². The zero-order chi connectivity index (χ0) is 19.1. The molecule has 11 heteroatoms. The topological polar surface area (TPSA) is 111 Å². The molecule has 0 fully saturated rings. The smallest absolute Gasteiger partial charge is 0.341 e. The number of esters is 1. The summed E-state index contributed by atoms with van der Waals surface area (Å²) in [7, 11) is 0. The minimum absolute atomic E-state index is 0.0612. The molecular weight excluding hydrogens is 372 g/mol. The highest BCUT2D eigenvalue weighted by molar-refractivity contribution is 7.99. The lowest BCUT2D eigenvalue weighted by atomic mass is 10.2. The third kappa shape index (κ3) is 5.21. The molecule has 0 radical (unpaired) electrons. The molecule has 0 aliphatic carbocycles. The molecule has 1 aromatic heterocycles. The summed E-state index contributed by atoms with van der Waals surface area (Å²) in [5.74, 6) is -4.61. The van der Waals surface area contributed by atoms with E-state index < -0.39 is 29.2 Å². The zero-order valence-electron chi connectivity index (χ0n) is 12.9. The first-order chi connectivity index (χ1) is 12.4. The number of alkyl halides is 2. The molecule has 1 heterocycles. The summed E-state index contributed by atoms with van der Waals surface area (Å²) < 4.78 is 29.7. The molecule has 0 atom stereocenters. The molecule has 0 saturated carbocycles. The van der Waals surface area contributed by atoms with Crippen LogP contribution in [0.4, 0.5) is 20.2 Å². The molecule has 0 saturated heterocycles. The van der Waals surface area contributed by atoms with E-state index in [1.807, 2.05) is 0 Å². The van der Waals surface area contributed by atoms with Crippen LogP contribution in [0.2, 0.25) is 0 Å². The molecular formula is C15H11F2N3O5S. The maximum atomic E-state index is 12.5. The molecule has 0 aliphatic heterocycles. The van der Waals surface area contributed by atoms with Crippen molar-refractivity contribution in [3.8, 4) is 0 Å². The number of pyridine rings is 1. The largest absolute Gasteiger partial charge is 0.452 e. The van der Waals surface area contributed by atoms with Crippen LogP contribution in [0, 0.1) is 10.1 Å². The highest BCUT2D eigenvalue weighted by atomic mass is 32.2. The van der Waals surface area contributed by atoms with E-state index in [1.165, 1.54) is 42.6 Å². The lowest BCUT2D eigenvalue weighted by Gasteiger charge is -2.09. The average Bonchev–Trinajstić information content (AvgIpc) is 2.60. The number of carbonyl (C=O) groups is 2. The fourth-order valence-corrected chi connectivity index (χ4v) is 2.43. The van der Waals surface area contributed by atoms with Crippen LogP contribution in [0.1, 0.15) is 10.4 Å². The van der Waals surface area contributed by atoms with Crippen LogP contribution >= 0.6 is 11.8 Å². The van der Waals surface area contributed by atoms with E-state index in [0.717, 1.165) is 0 Å². The molecule has 8 nitrogen and oxygen atoms in total. The highest BCUT2D eigenvalue weighted by Crippen LogP contribution is 2.27. The van der Waals surface area contributed by atoms with Gasteiger partial charge in [0.2, 0.25) is 0 Å². The van der Waals surface area contributed by atoms with Crippen LogP contribution in [0.5, 0.6) is 0 Å². The Morgan fingerprint density at radius 2 is 2.00 bits per heavy atom. The van der Waals surface area contributed by atoms with Gasteiger partial charge < -0.3 is 10.1 Å². The number of halogens is 2. The van der Waals surface area contributed by atoms with Crippen LogP contribution in [0.15, 0.2) is 47.6 Å². The number of carbonyl (C=O) groups excluding carboxylic acids is 2. The summed E-state index contributed by atoms with van der Waals surface area (Å²) in [5.41, 5.74) is -0.597. The Kier molecular flexibility index (Phi) is 6.55. The van der Waals surface area contributed by atoms with Crippen molar-refractivity contribution in [3.63, 3.8) is 0 Å². The van der Waals surface area contributed by atoms with E-state index in [2.05, 4.69) is 10.3 Å². The molecule has 0 aliphatic rings. The van der Waals surface area contributed by atoms with Gasteiger partial charge in [-0.05, 0) is 30.0 Å². The quantitative estimate of drug-likeness (QED) is 0.338. The Morgan fingerprint density at radius 3 is 2.69 bits per heavy atom. The lowest BCUT2D eigenvalue weighted by Crippen LogP contribution is -2.21. The Hall–Kier alpha value is -3.08. The van der Waals surface area contributed by atoms with Gasteiger partial charge in [-0.15, -0.1) is 0 Å². The van der Waals surface area contributed by atoms with Crippen LogP contribution in [-0.4, -0.2) is 34.1 Å². The fraction of sp³-hybridized carbons (Fsp3) is 0.133. The van der Waals surface area contributed by atoms with Crippen molar-refractivity contribution in [2.75, 3.05) is 11.9 Å². The minimum Gasteiger partial charge on any atom is -0.452 e. The monoisotopic (exact) mass is 383 g/mol. The van der Waals surface area contributed by atoms with Crippen LogP contribution in [0.25, 0.3) is 0 Å². The SMILES string of the molecule is O=C(COC(=O)c1cccnc1SC(F)F)Nc1ccccc1[N+](=O)[O-]. The first-order valence-corrected chi connectivity index (χ1v) is 7.86. The van der Waals surface area contributed by atoms with E-state index in [-0.39, 0.29) is 33.7 Å². The van der Waals surface area contributed by atoms with Crippen molar-refractivity contribution in [3.05, 3.63) is 58.3 Å². The summed E-state index contributed by atoms with van der Waals surface area (Å²) in [6.45, 7) is -0.751. The molecule has 0 spiro atoms. The fourth-order valence-electron chi connectivity index (χ4n) is 1.86. The summed E-state index contributed by atoms with van der Waals surface area (Å²) >= 11 is 0.0746. The van der Waals surface area contributed by atoms with Gasteiger partial charge >= 0.3 is 5.97 Å². The van der Waals surface area contributed by atoms with Crippen molar-refractivity contribution in [2.24, 2.45) is 0 Å². The number of nitrogens with one attached hydrogen (secondary N) is 1. The van der Waals surface area contributed by atoms with Gasteiger partial charge in [0, 0.05) is 12.3 Å². The number of nitrogens with zero attached hydrogens (tertiary/aromatic N) is 2. The van der Waals surface area contributed by atoms with E-state index in [9.17, 15) is 28.5 Å². The standard InChI is InChI=1S/C15H11F2N3O5S/c16-15(17)26-13-9(4-3-7-18-13)14(22)25-8-12(21)19-10-5-1-2-6-11(10)20(23)24/h1-7,15H,8H2,(H,19,21). The van der Waals surface area contributed by atoms with Crippen LogP contribution in [0.3, 0.4) is 0 Å². The van der Waals surface area contributed by atoms with Gasteiger partial charge in [0.05, 0.1) is 10.5 Å². The number of rotatable bonds is 7. The Morgan fingerprint density at radius 1 is 1.27 bits per heavy atom. The van der Waals surface area contributed by atoms with E-state index in [0.29, 0.717) is 0 Å². The number of nitro benzene ring substituents is 1. The number of hydrogen-bond acceptors (Lipinski definition) is 7. The maximum absolute atomic E-state index is 12.5. The van der Waals surface area contributed by atoms with Crippen molar-refractivity contribution >= 4 is 35.0 Å². The number of nitro groups is 1. The average molecular weight is 383 g/mol. The Bertz CT molecular complexity index is 834. The summed E-state index contributed by atoms with van der Waals surface area (Å²) in [4.78, 5) is 37.7. The Labute approximate surface area is 149 Å². The highest BCUT2D eigenvalue weighted by Gasteiger charge is 2.20. The number of aromatic nitrogens is 1. The zero-order valence-corrected chi connectivity index (χ0v) is 13.7. The molecule has 1 amide bonds. The molecule has 1 aromatic carbocycles. The predicted molar refractivity (Wildman–Crippen MR) is 88.1 cm³/mol. The van der Waals surface area contributed by atoms with Crippen LogP contribution < -0.4 is 5.32 Å². The summed E-state index contributed by atoms with van der Waals surface area (Å²) in [6.07, 6.45) is 1.24. The van der Waals surface area contributed by atoms with Crippen molar-refractivity contribution in [1.29, 1.82) is 0 Å². The van der Waals surface area contributed by atoms with Crippen molar-refractivity contribution < 1.29 is 28.0 Å². The number of anilines is 1. The molecule has 2 aromatic rings. The number of amides is 1. The summed E-state index contributed by atoms with van der Waals surface area (Å²) in [6, 6.07) is 8.03. The normalized spacial score (nSPS) is 10.4. The summed E-state index contributed by atoms with van der Waals surface area (Å²) in [5, 5.41) is 12.9. The van der Waals surface area contributed by atoms with Crippen molar-refractivity contribution in [2.45, 2.75) is 10.8 Å². The third-order valence-electron chi connectivity index (χ3n) is 2.90. The van der Waals surface area contributed by atoms with E-state index >= 15 is 0 Å². The number of benzene rings is 1. The first-order valence-electron chi connectivity index (χ1n) is 6.98.